The molecular formula is C27H30O16. The van der Waals surface area contributed by atoms with Crippen molar-refractivity contribution in [3.63, 3.8) is 0 Å². The smallest absolute Gasteiger partial charge is 0.239 e. The lowest BCUT2D eigenvalue weighted by Crippen LogP contribution is -2.60. The second-order valence-corrected chi connectivity index (χ2v) is 10.1. The van der Waals surface area contributed by atoms with Crippen molar-refractivity contribution in [3.8, 4) is 34.3 Å². The number of rotatable bonds is 7. The van der Waals surface area contributed by atoms with Crippen LogP contribution in [0.15, 0.2) is 45.6 Å². The van der Waals surface area contributed by atoms with Gasteiger partial charge in [-0.3, -0.25) is 4.79 Å². The molecule has 10 atom stereocenters. The Labute approximate surface area is 241 Å². The van der Waals surface area contributed by atoms with E-state index in [0.29, 0.717) is 0 Å². The minimum absolute atomic E-state index is 0.129. The first-order chi connectivity index (χ1) is 20.4. The lowest BCUT2D eigenvalue weighted by molar-refractivity contribution is -0.277. The van der Waals surface area contributed by atoms with E-state index in [1.165, 1.54) is 24.3 Å². The van der Waals surface area contributed by atoms with Crippen LogP contribution < -0.4 is 14.9 Å². The monoisotopic (exact) mass is 610 g/mol. The van der Waals surface area contributed by atoms with Crippen molar-refractivity contribution in [2.24, 2.45) is 0 Å². The van der Waals surface area contributed by atoms with E-state index >= 15 is 0 Å². The molecule has 16 heteroatoms. The minimum atomic E-state index is -1.89. The van der Waals surface area contributed by atoms with Crippen molar-refractivity contribution in [3.05, 3.63) is 46.6 Å². The molecule has 16 nitrogen and oxygen atoms in total. The van der Waals surface area contributed by atoms with Crippen molar-refractivity contribution in [1.29, 1.82) is 0 Å². The summed E-state index contributed by atoms with van der Waals surface area (Å²) in [5.41, 5.74) is -1.11. The Balaban J connectivity index is 1.58. The largest absolute Gasteiger partial charge is 0.508 e. The lowest BCUT2D eigenvalue weighted by Gasteiger charge is -2.39. The molecule has 5 unspecified atom stereocenters. The van der Waals surface area contributed by atoms with Crippen LogP contribution in [0.2, 0.25) is 0 Å². The Morgan fingerprint density at radius 2 is 1.23 bits per heavy atom. The minimum Gasteiger partial charge on any atom is -0.508 e. The average molecular weight is 611 g/mol. The highest BCUT2D eigenvalue weighted by Crippen LogP contribution is 2.38. The van der Waals surface area contributed by atoms with Gasteiger partial charge in [-0.15, -0.1) is 0 Å². The predicted molar refractivity (Wildman–Crippen MR) is 140 cm³/mol. The van der Waals surface area contributed by atoms with Crippen LogP contribution in [-0.2, 0) is 9.47 Å². The van der Waals surface area contributed by atoms with E-state index < -0.39 is 96.9 Å². The molecule has 1 aromatic heterocycles. The van der Waals surface area contributed by atoms with Crippen molar-refractivity contribution >= 4 is 11.0 Å². The topological polar surface area (TPSA) is 269 Å². The van der Waals surface area contributed by atoms with Gasteiger partial charge in [-0.2, -0.15) is 0 Å². The number of fused-ring (bicyclic) bond motifs is 1. The first kappa shape index (κ1) is 30.9. The van der Waals surface area contributed by atoms with E-state index in [0.717, 1.165) is 12.1 Å². The van der Waals surface area contributed by atoms with Gasteiger partial charge in [0.05, 0.1) is 13.2 Å². The molecule has 0 amide bonds. The Kier molecular flexibility index (Phi) is 8.77. The van der Waals surface area contributed by atoms with Crippen LogP contribution in [0.4, 0.5) is 0 Å². The lowest BCUT2D eigenvalue weighted by atomic mass is 9.99. The molecule has 3 aromatic rings. The number of aromatic hydroxyl groups is 2. The highest BCUT2D eigenvalue weighted by atomic mass is 16.7. The van der Waals surface area contributed by atoms with Gasteiger partial charge >= 0.3 is 0 Å². The summed E-state index contributed by atoms with van der Waals surface area (Å²) in [7, 11) is 0. The van der Waals surface area contributed by atoms with Crippen LogP contribution >= 0.6 is 0 Å². The summed E-state index contributed by atoms with van der Waals surface area (Å²) in [6, 6.07) is 7.35. The summed E-state index contributed by atoms with van der Waals surface area (Å²) in [6.07, 6.45) is -16.6. The molecule has 2 fully saturated rings. The zero-order chi connectivity index (χ0) is 31.2. The first-order valence-electron chi connectivity index (χ1n) is 13.0. The number of ether oxygens (including phenoxy) is 4. The number of phenols is 2. The molecule has 0 radical (unpaired) electrons. The van der Waals surface area contributed by atoms with Crippen LogP contribution in [0.3, 0.4) is 0 Å². The Bertz CT molecular complexity index is 1490. The third kappa shape index (κ3) is 5.73. The van der Waals surface area contributed by atoms with Gasteiger partial charge in [-0.05, 0) is 24.3 Å². The standard InChI is InChI=1S/C27H30O16/c28-7-14-17(32)20(35)22(37)26(41-14)39-11-5-12(31)16-13(6-11)40-24(9-1-3-10(30)4-2-9)25(19(16)34)43-27-23(38)21(36)18(33)15(8-29)42-27/h1-6,14-15,17-18,20-23,26-33,35-38H,7-8H2/t14?,15?,17-,18-,20-,21?,22?,23?,26+,27+/m0/s1. The van der Waals surface area contributed by atoms with Crippen molar-refractivity contribution in [2.45, 2.75) is 61.4 Å². The SMILES string of the molecule is O=c1c(O[C@H]2OC(CO)[C@H](O)C(O)C2O)c(-c2ccc(O)cc2)oc2cc(O[C@@H]3OC(CO)[C@H](O)[C@H](O)C3O)cc(O)c12. The quantitative estimate of drug-likeness (QED) is 0.130. The Morgan fingerprint density at radius 1 is 0.698 bits per heavy atom. The van der Waals surface area contributed by atoms with Crippen molar-refractivity contribution in [2.75, 3.05) is 13.2 Å². The van der Waals surface area contributed by atoms with Gasteiger partial charge in [0, 0.05) is 17.7 Å². The molecule has 5 rings (SSSR count). The fourth-order valence-corrected chi connectivity index (χ4v) is 4.82. The molecule has 0 aliphatic carbocycles. The number of aliphatic hydroxyl groups excluding tert-OH is 8. The fraction of sp³-hybridized carbons (Fsp3) is 0.444. The zero-order valence-corrected chi connectivity index (χ0v) is 22.1. The number of phenolic OH excluding ortho intramolecular Hbond substituents is 2. The number of hydrogen-bond donors (Lipinski definition) is 10. The molecular weight excluding hydrogens is 580 g/mol. The maximum Gasteiger partial charge on any atom is 0.239 e. The van der Waals surface area contributed by atoms with Gasteiger partial charge < -0.3 is 74.4 Å². The summed E-state index contributed by atoms with van der Waals surface area (Å²) >= 11 is 0. The fourth-order valence-electron chi connectivity index (χ4n) is 4.82. The third-order valence-electron chi connectivity index (χ3n) is 7.22. The van der Waals surface area contributed by atoms with Crippen LogP contribution in [0, 0.1) is 0 Å². The van der Waals surface area contributed by atoms with Gasteiger partial charge in [0.25, 0.3) is 0 Å². The van der Waals surface area contributed by atoms with Crippen LogP contribution in [0.5, 0.6) is 23.0 Å². The Morgan fingerprint density at radius 3 is 1.77 bits per heavy atom. The van der Waals surface area contributed by atoms with E-state index in [-0.39, 0.29) is 28.4 Å². The summed E-state index contributed by atoms with van der Waals surface area (Å²) < 4.78 is 27.8. The van der Waals surface area contributed by atoms with E-state index in [9.17, 15) is 55.9 Å². The van der Waals surface area contributed by atoms with E-state index in [4.69, 9.17) is 23.4 Å². The highest BCUT2D eigenvalue weighted by molar-refractivity contribution is 5.88. The molecule has 234 valence electrons. The maximum absolute atomic E-state index is 13.7. The van der Waals surface area contributed by atoms with E-state index in [1.54, 1.807) is 0 Å². The van der Waals surface area contributed by atoms with Gasteiger partial charge in [0.2, 0.25) is 23.8 Å². The summed E-state index contributed by atoms with van der Waals surface area (Å²) in [4.78, 5) is 13.7. The summed E-state index contributed by atoms with van der Waals surface area (Å²) in [5.74, 6) is -1.96. The molecule has 2 aromatic carbocycles. The van der Waals surface area contributed by atoms with Gasteiger partial charge in [-0.25, -0.2) is 0 Å². The summed E-state index contributed by atoms with van der Waals surface area (Å²) in [5, 5.41) is 100. The molecule has 0 bridgehead atoms. The number of hydrogen-bond acceptors (Lipinski definition) is 16. The number of benzene rings is 2. The average Bonchev–Trinajstić information content (AvgIpc) is 2.98. The zero-order valence-electron chi connectivity index (χ0n) is 22.1. The van der Waals surface area contributed by atoms with E-state index in [2.05, 4.69) is 0 Å². The van der Waals surface area contributed by atoms with Crippen molar-refractivity contribution in [1.82, 2.24) is 0 Å². The normalized spacial score (nSPS) is 32.9. The van der Waals surface area contributed by atoms with Gasteiger partial charge in [0.1, 0.15) is 77.0 Å². The molecule has 0 saturated carbocycles. The van der Waals surface area contributed by atoms with Crippen LogP contribution in [0.25, 0.3) is 22.3 Å². The molecule has 2 aliphatic heterocycles. The van der Waals surface area contributed by atoms with E-state index in [1.807, 2.05) is 0 Å². The van der Waals surface area contributed by atoms with Gasteiger partial charge in [0.15, 0.2) is 5.76 Å². The first-order valence-corrected chi connectivity index (χ1v) is 13.0. The maximum atomic E-state index is 13.7. The molecule has 2 aliphatic rings. The van der Waals surface area contributed by atoms with Crippen molar-refractivity contribution < 1.29 is 74.4 Å². The molecule has 10 N–H and O–H groups in total. The summed E-state index contributed by atoms with van der Waals surface area (Å²) in [6.45, 7) is -1.48. The predicted octanol–water partition coefficient (Wildman–Crippen LogP) is -2.77. The second-order valence-electron chi connectivity index (χ2n) is 10.1. The highest BCUT2D eigenvalue weighted by Gasteiger charge is 2.46. The molecule has 0 spiro atoms. The Hall–Kier alpha value is -3.55. The molecule has 43 heavy (non-hydrogen) atoms. The number of aliphatic hydroxyl groups is 8. The second kappa shape index (κ2) is 12.2. The van der Waals surface area contributed by atoms with Gasteiger partial charge in [-0.1, -0.05) is 0 Å². The van der Waals surface area contributed by atoms with Crippen LogP contribution in [0.1, 0.15) is 0 Å². The van der Waals surface area contributed by atoms with Crippen LogP contribution in [-0.4, -0.2) is 126 Å². The molecule has 3 heterocycles. The molecule has 2 saturated heterocycles. The third-order valence-corrected chi connectivity index (χ3v) is 7.22.